The van der Waals surface area contributed by atoms with Gasteiger partial charge in [-0.2, -0.15) is 0 Å². The van der Waals surface area contributed by atoms with Crippen molar-refractivity contribution in [2.24, 2.45) is 0 Å². The van der Waals surface area contributed by atoms with Crippen molar-refractivity contribution in [3.63, 3.8) is 0 Å². The van der Waals surface area contributed by atoms with Gasteiger partial charge in [-0.3, -0.25) is 0 Å². The van der Waals surface area contributed by atoms with Gasteiger partial charge in [0.15, 0.2) is 0 Å². The molecule has 1 aliphatic rings. The first-order valence-electron chi connectivity index (χ1n) is 6.78. The molecule has 0 bridgehead atoms. The monoisotopic (exact) mass is 290 g/mol. The van der Waals surface area contributed by atoms with E-state index < -0.39 is 23.2 Å². The Kier molecular flexibility index (Phi) is 3.90. The summed E-state index contributed by atoms with van der Waals surface area (Å²) in [6.45, 7) is 9.63. The highest BCUT2D eigenvalue weighted by Gasteiger charge is 2.50. The van der Waals surface area contributed by atoms with Gasteiger partial charge in [0.1, 0.15) is 6.20 Å². The van der Waals surface area contributed by atoms with Crippen molar-refractivity contribution >= 4 is 19.0 Å². The van der Waals surface area contributed by atoms with Gasteiger partial charge in [-0.05, 0) is 56.2 Å². The van der Waals surface area contributed by atoms with Crippen molar-refractivity contribution < 1.29 is 14.2 Å². The summed E-state index contributed by atoms with van der Waals surface area (Å²) in [6.07, 6.45) is 3.07. The second-order valence-electron chi connectivity index (χ2n) is 6.11. The van der Waals surface area contributed by atoms with Crippen LogP contribution in [-0.2, 0) is 9.31 Å². The highest BCUT2D eigenvalue weighted by atomic mass is 16.7. The Balaban J connectivity index is 2.26. The third-order valence-electron chi connectivity index (χ3n) is 4.05. The van der Waals surface area contributed by atoms with Crippen molar-refractivity contribution in [1.82, 2.24) is 4.98 Å². The number of aromatic nitrogens is 1. The maximum absolute atomic E-state index is 11.0. The van der Waals surface area contributed by atoms with Gasteiger partial charge in [0.2, 0.25) is 0 Å². The lowest BCUT2D eigenvalue weighted by molar-refractivity contribution is -0.389. The van der Waals surface area contributed by atoms with E-state index in [1.165, 1.54) is 6.20 Å². The Labute approximate surface area is 124 Å². The minimum absolute atomic E-state index is 0.164. The lowest BCUT2D eigenvalue weighted by atomic mass is 9.88. The van der Waals surface area contributed by atoms with Gasteiger partial charge < -0.3 is 19.4 Å². The van der Waals surface area contributed by atoms with Gasteiger partial charge in [-0.25, -0.2) is 0 Å². The van der Waals surface area contributed by atoms with Crippen LogP contribution >= 0.6 is 0 Å². The van der Waals surface area contributed by atoms with Crippen LogP contribution in [0.3, 0.4) is 0 Å². The van der Waals surface area contributed by atoms with E-state index in [1.807, 2.05) is 27.7 Å². The zero-order chi connectivity index (χ0) is 15.8. The molecule has 0 saturated carbocycles. The quantitative estimate of drug-likeness (QED) is 0.486. The molecule has 1 fully saturated rings. The van der Waals surface area contributed by atoms with Crippen LogP contribution in [0, 0.1) is 17.0 Å². The SMILES string of the molecule is Cc1ccnc([N+](=O)[O-])c1/C=C/B1OC(C)(C)C(C)(C)O1. The van der Waals surface area contributed by atoms with Crippen molar-refractivity contribution in [2.45, 2.75) is 45.8 Å². The van der Waals surface area contributed by atoms with Gasteiger partial charge in [0.25, 0.3) is 0 Å². The molecular weight excluding hydrogens is 271 g/mol. The molecule has 2 rings (SSSR count). The molecule has 1 saturated heterocycles. The number of hydrogen-bond donors (Lipinski definition) is 0. The molecule has 1 aromatic heterocycles. The fourth-order valence-electron chi connectivity index (χ4n) is 2.05. The highest BCUT2D eigenvalue weighted by molar-refractivity contribution is 6.52. The maximum Gasteiger partial charge on any atom is 0.487 e. The molecule has 21 heavy (non-hydrogen) atoms. The van der Waals surface area contributed by atoms with E-state index in [2.05, 4.69) is 4.98 Å². The molecule has 0 amide bonds. The first kappa shape index (κ1) is 15.7. The lowest BCUT2D eigenvalue weighted by Crippen LogP contribution is -2.41. The average molecular weight is 290 g/mol. The predicted octanol–water partition coefficient (Wildman–Crippen LogP) is 2.94. The van der Waals surface area contributed by atoms with Gasteiger partial charge >= 0.3 is 12.9 Å². The Morgan fingerprint density at radius 2 is 1.86 bits per heavy atom. The van der Waals surface area contributed by atoms with Crippen LogP contribution in [0.2, 0.25) is 0 Å². The summed E-state index contributed by atoms with van der Waals surface area (Å²) in [5.74, 6) is 1.52. The van der Waals surface area contributed by atoms with Gasteiger partial charge in [-0.15, -0.1) is 0 Å². The molecule has 0 unspecified atom stereocenters. The zero-order valence-electron chi connectivity index (χ0n) is 12.9. The second-order valence-corrected chi connectivity index (χ2v) is 6.11. The molecule has 0 aliphatic carbocycles. The third kappa shape index (κ3) is 2.98. The van der Waals surface area contributed by atoms with E-state index in [0.29, 0.717) is 5.56 Å². The normalized spacial score (nSPS) is 20.1. The van der Waals surface area contributed by atoms with E-state index >= 15 is 0 Å². The first-order chi connectivity index (χ1) is 9.64. The smallest absolute Gasteiger partial charge is 0.400 e. The maximum atomic E-state index is 11.0. The molecule has 6 nitrogen and oxygen atoms in total. The van der Waals surface area contributed by atoms with E-state index in [4.69, 9.17) is 9.31 Å². The Morgan fingerprint density at radius 1 is 1.29 bits per heavy atom. The van der Waals surface area contributed by atoms with Crippen LogP contribution in [0.4, 0.5) is 5.82 Å². The molecule has 2 heterocycles. The van der Waals surface area contributed by atoms with Gasteiger partial charge in [-0.1, -0.05) is 12.1 Å². The van der Waals surface area contributed by atoms with E-state index in [9.17, 15) is 10.1 Å². The number of aryl methyl sites for hydroxylation is 1. The number of nitro groups is 1. The molecule has 0 N–H and O–H groups in total. The standard InChI is InChI=1S/C14H19BN2O4/c1-10-7-9-16-12(17(18)19)11(10)6-8-15-20-13(2,3)14(4,5)21-15/h6-9H,1-5H3/b8-6+. The average Bonchev–Trinajstić information content (AvgIpc) is 2.55. The fourth-order valence-corrected chi connectivity index (χ4v) is 2.05. The minimum atomic E-state index is -0.533. The summed E-state index contributed by atoms with van der Waals surface area (Å²) in [6, 6.07) is 1.73. The van der Waals surface area contributed by atoms with Crippen LogP contribution in [0.25, 0.3) is 6.08 Å². The van der Waals surface area contributed by atoms with Crippen molar-refractivity contribution in [3.8, 4) is 0 Å². The molecule has 0 radical (unpaired) electrons. The van der Waals surface area contributed by atoms with E-state index in [1.54, 1.807) is 25.0 Å². The fraction of sp³-hybridized carbons (Fsp3) is 0.500. The predicted molar refractivity (Wildman–Crippen MR) is 80.7 cm³/mol. The van der Waals surface area contributed by atoms with Crippen LogP contribution in [0.15, 0.2) is 18.2 Å². The summed E-state index contributed by atoms with van der Waals surface area (Å²) in [5.41, 5.74) is 0.386. The van der Waals surface area contributed by atoms with Crippen LogP contribution < -0.4 is 0 Å². The molecule has 7 heteroatoms. The molecular formula is C14H19BN2O4. The van der Waals surface area contributed by atoms with Crippen molar-refractivity contribution in [1.29, 1.82) is 0 Å². The van der Waals surface area contributed by atoms with Crippen LogP contribution in [-0.4, -0.2) is 28.2 Å². The number of pyridine rings is 1. The van der Waals surface area contributed by atoms with Crippen molar-refractivity contribution in [3.05, 3.63) is 39.5 Å². The van der Waals surface area contributed by atoms with Crippen LogP contribution in [0.1, 0.15) is 38.8 Å². The summed E-state index contributed by atoms with van der Waals surface area (Å²) < 4.78 is 11.7. The second kappa shape index (κ2) is 5.24. The molecule has 0 spiro atoms. The Hall–Kier alpha value is -1.73. The topological polar surface area (TPSA) is 74.5 Å². The largest absolute Gasteiger partial charge is 0.487 e. The summed E-state index contributed by atoms with van der Waals surface area (Å²) in [4.78, 5) is 14.3. The first-order valence-corrected chi connectivity index (χ1v) is 6.78. The Morgan fingerprint density at radius 3 is 2.38 bits per heavy atom. The van der Waals surface area contributed by atoms with Crippen LogP contribution in [0.5, 0.6) is 0 Å². The summed E-state index contributed by atoms with van der Waals surface area (Å²) in [7, 11) is -0.533. The molecule has 112 valence electrons. The Bertz CT molecular complexity index is 583. The van der Waals surface area contributed by atoms with E-state index in [0.717, 1.165) is 5.56 Å². The number of rotatable bonds is 3. The van der Waals surface area contributed by atoms with Gasteiger partial charge in [0, 0.05) is 0 Å². The molecule has 0 aromatic carbocycles. The third-order valence-corrected chi connectivity index (χ3v) is 4.05. The molecule has 1 aliphatic heterocycles. The summed E-state index contributed by atoms with van der Waals surface area (Å²) in [5, 5.41) is 11.0. The lowest BCUT2D eigenvalue weighted by Gasteiger charge is -2.32. The van der Waals surface area contributed by atoms with Gasteiger partial charge in [0.05, 0.1) is 16.8 Å². The van der Waals surface area contributed by atoms with Crippen molar-refractivity contribution in [2.75, 3.05) is 0 Å². The minimum Gasteiger partial charge on any atom is -0.400 e. The zero-order valence-corrected chi connectivity index (χ0v) is 12.9. The summed E-state index contributed by atoms with van der Waals surface area (Å²) >= 11 is 0. The number of nitrogens with zero attached hydrogens (tertiary/aromatic N) is 2. The molecule has 1 aromatic rings. The molecule has 0 atom stereocenters. The number of hydrogen-bond acceptors (Lipinski definition) is 5. The van der Waals surface area contributed by atoms with E-state index in [-0.39, 0.29) is 5.82 Å². The highest BCUT2D eigenvalue weighted by Crippen LogP contribution is 2.37.